The number of likely N-dealkylation sites (N-methyl/N-ethyl adjacent to an activating group) is 1. The van der Waals surface area contributed by atoms with Crippen LogP contribution in [0.3, 0.4) is 0 Å². The van der Waals surface area contributed by atoms with E-state index in [1.165, 1.54) is 12.4 Å². The van der Waals surface area contributed by atoms with E-state index >= 15 is 0 Å². The van der Waals surface area contributed by atoms with Crippen LogP contribution in [-0.4, -0.2) is 48.0 Å². The molecule has 2 rings (SSSR count). The number of aryl methyl sites for hydroxylation is 1. The summed E-state index contributed by atoms with van der Waals surface area (Å²) in [7, 11) is 3.99. The van der Waals surface area contributed by atoms with Gasteiger partial charge in [0.05, 0.1) is 5.56 Å². The van der Waals surface area contributed by atoms with Crippen molar-refractivity contribution in [3.05, 3.63) is 46.7 Å². The molecule has 0 unspecified atom stereocenters. The first kappa shape index (κ1) is 17.2. The van der Waals surface area contributed by atoms with Gasteiger partial charge in [0.2, 0.25) is 5.95 Å². The molecule has 0 fully saturated rings. The number of benzene rings is 1. The summed E-state index contributed by atoms with van der Waals surface area (Å²) in [6.07, 6.45) is 3.00. The topological polar surface area (TPSA) is 70.2 Å². The van der Waals surface area contributed by atoms with Crippen molar-refractivity contribution >= 4 is 29.1 Å². The van der Waals surface area contributed by atoms with Crippen molar-refractivity contribution in [1.29, 1.82) is 0 Å². The molecule has 0 aliphatic rings. The molecule has 0 saturated heterocycles. The predicted octanol–water partition coefficient (Wildman–Crippen LogP) is 2.66. The smallest absolute Gasteiger partial charge is 0.258 e. The van der Waals surface area contributed by atoms with Gasteiger partial charge in [-0.3, -0.25) is 4.79 Å². The number of amides is 1. The Morgan fingerprint density at radius 3 is 2.61 bits per heavy atom. The van der Waals surface area contributed by atoms with Crippen molar-refractivity contribution in [2.24, 2.45) is 0 Å². The van der Waals surface area contributed by atoms with Crippen molar-refractivity contribution in [3.63, 3.8) is 0 Å². The minimum atomic E-state index is -0.268. The average Bonchev–Trinajstić information content (AvgIpc) is 2.51. The Morgan fingerprint density at radius 2 is 1.96 bits per heavy atom. The Labute approximate surface area is 140 Å². The van der Waals surface area contributed by atoms with Crippen LogP contribution in [0.25, 0.3) is 0 Å². The number of aromatic nitrogens is 2. The molecule has 0 atom stereocenters. The molecule has 0 spiro atoms. The lowest BCUT2D eigenvalue weighted by Gasteiger charge is -2.11. The van der Waals surface area contributed by atoms with Gasteiger partial charge in [0, 0.05) is 36.2 Å². The molecular weight excluding hydrogens is 314 g/mol. The second-order valence-electron chi connectivity index (χ2n) is 5.44. The summed E-state index contributed by atoms with van der Waals surface area (Å²) in [6.45, 7) is 3.51. The Balaban J connectivity index is 1.98. The van der Waals surface area contributed by atoms with Crippen molar-refractivity contribution in [3.8, 4) is 0 Å². The van der Waals surface area contributed by atoms with Crippen LogP contribution in [0.15, 0.2) is 30.6 Å². The molecule has 23 heavy (non-hydrogen) atoms. The summed E-state index contributed by atoms with van der Waals surface area (Å²) in [6, 6.07) is 5.35. The SMILES string of the molecule is Cc1ccc(Cl)cc1NC(=O)c1cnc(NCCN(C)C)nc1. The normalized spacial score (nSPS) is 10.7. The molecule has 0 aliphatic heterocycles. The number of hydrogen-bond donors (Lipinski definition) is 2. The summed E-state index contributed by atoms with van der Waals surface area (Å²) >= 11 is 5.95. The van der Waals surface area contributed by atoms with E-state index in [1.807, 2.05) is 27.1 Å². The first-order valence-corrected chi connectivity index (χ1v) is 7.61. The lowest BCUT2D eigenvalue weighted by molar-refractivity contribution is 0.102. The van der Waals surface area contributed by atoms with Crippen LogP contribution in [0.4, 0.5) is 11.6 Å². The van der Waals surface area contributed by atoms with Crippen LogP contribution in [0.5, 0.6) is 0 Å². The van der Waals surface area contributed by atoms with E-state index in [0.717, 1.165) is 18.7 Å². The number of hydrogen-bond acceptors (Lipinski definition) is 5. The van der Waals surface area contributed by atoms with Gasteiger partial charge in [-0.05, 0) is 38.7 Å². The zero-order chi connectivity index (χ0) is 16.8. The Hall–Kier alpha value is -2.18. The largest absolute Gasteiger partial charge is 0.353 e. The number of carbonyl (C=O) groups excluding carboxylic acids is 1. The molecule has 2 N–H and O–H groups in total. The van der Waals surface area contributed by atoms with Gasteiger partial charge in [-0.15, -0.1) is 0 Å². The molecule has 2 aromatic rings. The molecule has 6 nitrogen and oxygen atoms in total. The van der Waals surface area contributed by atoms with E-state index in [-0.39, 0.29) is 5.91 Å². The number of nitrogens with one attached hydrogen (secondary N) is 2. The lowest BCUT2D eigenvalue weighted by Crippen LogP contribution is -2.21. The van der Waals surface area contributed by atoms with Crippen molar-refractivity contribution in [1.82, 2.24) is 14.9 Å². The summed E-state index contributed by atoms with van der Waals surface area (Å²) < 4.78 is 0. The van der Waals surface area contributed by atoms with E-state index in [4.69, 9.17) is 11.6 Å². The van der Waals surface area contributed by atoms with Gasteiger partial charge >= 0.3 is 0 Å². The molecule has 1 heterocycles. The molecular formula is C16H20ClN5O. The molecule has 1 aromatic carbocycles. The summed E-state index contributed by atoms with van der Waals surface area (Å²) in [5.74, 6) is 0.234. The first-order valence-electron chi connectivity index (χ1n) is 7.24. The Bertz CT molecular complexity index is 673. The van der Waals surface area contributed by atoms with Crippen molar-refractivity contribution in [2.45, 2.75) is 6.92 Å². The van der Waals surface area contributed by atoms with Gasteiger partial charge in [0.15, 0.2) is 0 Å². The summed E-state index contributed by atoms with van der Waals surface area (Å²) in [5, 5.41) is 6.48. The maximum absolute atomic E-state index is 12.2. The number of halogens is 1. The van der Waals surface area contributed by atoms with E-state index < -0.39 is 0 Å². The number of anilines is 2. The van der Waals surface area contributed by atoms with Gasteiger partial charge in [0.1, 0.15) is 0 Å². The average molecular weight is 334 g/mol. The monoisotopic (exact) mass is 333 g/mol. The third-order valence-corrected chi connectivity index (χ3v) is 3.44. The zero-order valence-electron chi connectivity index (χ0n) is 13.4. The molecule has 1 amide bonds. The molecule has 0 aliphatic carbocycles. The maximum atomic E-state index is 12.2. The highest BCUT2D eigenvalue weighted by Gasteiger charge is 2.09. The fourth-order valence-electron chi connectivity index (χ4n) is 1.85. The molecule has 0 saturated carbocycles. The Kier molecular flexibility index (Phi) is 5.90. The van der Waals surface area contributed by atoms with E-state index in [2.05, 4.69) is 25.5 Å². The van der Waals surface area contributed by atoms with Crippen LogP contribution < -0.4 is 10.6 Å². The number of nitrogens with zero attached hydrogens (tertiary/aromatic N) is 3. The molecule has 0 radical (unpaired) electrons. The molecule has 0 bridgehead atoms. The second kappa shape index (κ2) is 7.89. The van der Waals surface area contributed by atoms with Crippen LogP contribution in [0, 0.1) is 6.92 Å². The fraction of sp³-hybridized carbons (Fsp3) is 0.312. The van der Waals surface area contributed by atoms with Crippen molar-refractivity contribution in [2.75, 3.05) is 37.8 Å². The van der Waals surface area contributed by atoms with Gasteiger partial charge in [-0.2, -0.15) is 0 Å². The van der Waals surface area contributed by atoms with Gasteiger partial charge in [0.25, 0.3) is 5.91 Å². The third kappa shape index (κ3) is 5.19. The molecule has 1 aromatic heterocycles. The molecule has 122 valence electrons. The quantitative estimate of drug-likeness (QED) is 0.850. The minimum Gasteiger partial charge on any atom is -0.353 e. The summed E-state index contributed by atoms with van der Waals surface area (Å²) in [4.78, 5) is 22.6. The van der Waals surface area contributed by atoms with Crippen LogP contribution in [0.1, 0.15) is 15.9 Å². The van der Waals surface area contributed by atoms with Gasteiger partial charge in [-0.1, -0.05) is 17.7 Å². The Morgan fingerprint density at radius 1 is 1.26 bits per heavy atom. The first-order chi connectivity index (χ1) is 11.0. The highest BCUT2D eigenvalue weighted by molar-refractivity contribution is 6.31. The highest BCUT2D eigenvalue weighted by Crippen LogP contribution is 2.20. The molecule has 7 heteroatoms. The van der Waals surface area contributed by atoms with E-state index in [1.54, 1.807) is 12.1 Å². The van der Waals surface area contributed by atoms with Crippen LogP contribution in [-0.2, 0) is 0 Å². The zero-order valence-corrected chi connectivity index (χ0v) is 14.2. The standard InChI is InChI=1S/C16H20ClN5O/c1-11-4-5-13(17)8-14(11)21-15(23)12-9-19-16(20-10-12)18-6-7-22(2)3/h4-5,8-10H,6-7H2,1-3H3,(H,21,23)(H,18,19,20). The fourth-order valence-corrected chi connectivity index (χ4v) is 2.02. The third-order valence-electron chi connectivity index (χ3n) is 3.20. The highest BCUT2D eigenvalue weighted by atomic mass is 35.5. The number of carbonyl (C=O) groups is 1. The summed E-state index contributed by atoms with van der Waals surface area (Å²) in [5.41, 5.74) is 2.00. The minimum absolute atomic E-state index is 0.268. The van der Waals surface area contributed by atoms with Gasteiger partial charge in [-0.25, -0.2) is 9.97 Å². The maximum Gasteiger partial charge on any atom is 0.258 e. The van der Waals surface area contributed by atoms with E-state index in [9.17, 15) is 4.79 Å². The van der Waals surface area contributed by atoms with Crippen LogP contribution >= 0.6 is 11.6 Å². The van der Waals surface area contributed by atoms with Gasteiger partial charge < -0.3 is 15.5 Å². The second-order valence-corrected chi connectivity index (χ2v) is 5.88. The lowest BCUT2D eigenvalue weighted by atomic mass is 10.2. The van der Waals surface area contributed by atoms with E-state index in [0.29, 0.717) is 22.2 Å². The number of rotatable bonds is 6. The van der Waals surface area contributed by atoms with Crippen molar-refractivity contribution < 1.29 is 4.79 Å². The van der Waals surface area contributed by atoms with Crippen LogP contribution in [0.2, 0.25) is 5.02 Å². The predicted molar refractivity (Wildman–Crippen MR) is 93.2 cm³/mol.